The zero-order chi connectivity index (χ0) is 38.5. The molecule has 9 aromatic carbocycles. The summed E-state index contributed by atoms with van der Waals surface area (Å²) in [5.74, 6) is 0. The highest BCUT2D eigenvalue weighted by molar-refractivity contribution is 6.12. The molecule has 2 heterocycles. The van der Waals surface area contributed by atoms with Crippen molar-refractivity contribution in [2.75, 3.05) is 4.90 Å². The van der Waals surface area contributed by atoms with Gasteiger partial charge >= 0.3 is 0 Å². The van der Waals surface area contributed by atoms with Crippen molar-refractivity contribution in [2.24, 2.45) is 0 Å². The van der Waals surface area contributed by atoms with E-state index in [0.29, 0.717) is 0 Å². The van der Waals surface area contributed by atoms with Crippen LogP contribution in [-0.2, 0) is 5.41 Å². The maximum atomic E-state index is 6.53. The van der Waals surface area contributed by atoms with Gasteiger partial charge < -0.3 is 13.7 Å². The Balaban J connectivity index is 0.952. The number of hydrogen-bond donors (Lipinski definition) is 0. The monoisotopic (exact) mass is 743 g/mol. The van der Waals surface area contributed by atoms with Crippen molar-refractivity contribution >= 4 is 71.7 Å². The summed E-state index contributed by atoms with van der Waals surface area (Å²) in [6, 6.07) is 67.6. The van der Waals surface area contributed by atoms with E-state index >= 15 is 0 Å². The summed E-state index contributed by atoms with van der Waals surface area (Å²) in [6.07, 6.45) is 0. The van der Waals surface area contributed by atoms with Crippen LogP contribution >= 0.6 is 0 Å². The number of hydrogen-bond acceptors (Lipinski definition) is 3. The first kappa shape index (κ1) is 32.8. The van der Waals surface area contributed by atoms with Gasteiger partial charge in [0, 0.05) is 38.3 Å². The standard InChI is InChI=1S/C55H37NO2/c1-55(2)47-32-35(34-23-27-38(28-24-34)56(37-13-4-3-5-14-37)49-20-12-19-43-40-16-8-11-22-51(40)58-54(43)49)25-29-44(47)53-42-18-7-6-15-39(42)45(33-48(53)55)36-26-30-52-46(31-36)41-17-9-10-21-50(41)57-52/h3-33H,1-2H3. The van der Waals surface area contributed by atoms with Crippen LogP contribution < -0.4 is 4.90 Å². The highest BCUT2D eigenvalue weighted by Gasteiger charge is 2.37. The van der Waals surface area contributed by atoms with E-state index in [0.717, 1.165) is 60.9 Å². The topological polar surface area (TPSA) is 29.5 Å². The lowest BCUT2D eigenvalue weighted by Crippen LogP contribution is -2.15. The first-order valence-corrected chi connectivity index (χ1v) is 20.0. The Morgan fingerprint density at radius 1 is 0.379 bits per heavy atom. The fraction of sp³-hybridized carbons (Fsp3) is 0.0545. The molecule has 0 saturated carbocycles. The number of nitrogens with zero attached hydrogens (tertiary/aromatic N) is 1. The number of anilines is 3. The molecular formula is C55H37NO2. The molecule has 274 valence electrons. The van der Waals surface area contributed by atoms with E-state index in [9.17, 15) is 0 Å². The van der Waals surface area contributed by atoms with Crippen molar-refractivity contribution in [2.45, 2.75) is 19.3 Å². The van der Waals surface area contributed by atoms with E-state index in [1.165, 1.54) is 55.3 Å². The van der Waals surface area contributed by atoms with Gasteiger partial charge in [0.1, 0.15) is 16.7 Å². The molecule has 0 spiro atoms. The Hall–Kier alpha value is -7.36. The summed E-state index contributed by atoms with van der Waals surface area (Å²) in [6.45, 7) is 4.76. The minimum atomic E-state index is -0.207. The maximum Gasteiger partial charge on any atom is 0.159 e. The number of fused-ring (bicyclic) bond motifs is 11. The summed E-state index contributed by atoms with van der Waals surface area (Å²) >= 11 is 0. The van der Waals surface area contributed by atoms with Gasteiger partial charge in [0.15, 0.2) is 5.58 Å². The minimum Gasteiger partial charge on any atom is -0.456 e. The van der Waals surface area contributed by atoms with Gasteiger partial charge in [-0.25, -0.2) is 0 Å². The second kappa shape index (κ2) is 12.3. The predicted octanol–water partition coefficient (Wildman–Crippen LogP) is 15.7. The molecule has 1 aliphatic carbocycles. The lowest BCUT2D eigenvalue weighted by molar-refractivity contribution is 0.661. The van der Waals surface area contributed by atoms with Crippen molar-refractivity contribution in [1.82, 2.24) is 0 Å². The lowest BCUT2D eigenvalue weighted by atomic mass is 9.80. The molecule has 0 saturated heterocycles. The number of para-hydroxylation sites is 4. The molecule has 0 fully saturated rings. The normalized spacial score (nSPS) is 13.1. The Morgan fingerprint density at radius 2 is 0.983 bits per heavy atom. The summed E-state index contributed by atoms with van der Waals surface area (Å²) in [4.78, 5) is 2.30. The number of rotatable bonds is 5. The molecule has 3 heteroatoms. The van der Waals surface area contributed by atoms with Crippen molar-refractivity contribution < 1.29 is 8.83 Å². The van der Waals surface area contributed by atoms with Crippen LogP contribution in [0.1, 0.15) is 25.0 Å². The number of furan rings is 2. The smallest absolute Gasteiger partial charge is 0.159 e. The largest absolute Gasteiger partial charge is 0.456 e. The van der Waals surface area contributed by atoms with Crippen LogP contribution in [0.25, 0.3) is 88.0 Å². The van der Waals surface area contributed by atoms with Crippen LogP contribution in [0.15, 0.2) is 197 Å². The quantitative estimate of drug-likeness (QED) is 0.176. The molecule has 2 aromatic heterocycles. The van der Waals surface area contributed by atoms with Gasteiger partial charge in [-0.15, -0.1) is 0 Å². The zero-order valence-electron chi connectivity index (χ0n) is 32.2. The summed E-state index contributed by atoms with van der Waals surface area (Å²) in [5.41, 5.74) is 16.8. The molecule has 0 atom stereocenters. The highest BCUT2D eigenvalue weighted by atomic mass is 16.3. The van der Waals surface area contributed by atoms with Crippen LogP contribution in [0.5, 0.6) is 0 Å². The molecule has 12 rings (SSSR count). The molecule has 0 amide bonds. The van der Waals surface area contributed by atoms with Crippen LogP contribution in [0, 0.1) is 0 Å². The van der Waals surface area contributed by atoms with Crippen molar-refractivity contribution in [3.05, 3.63) is 199 Å². The average Bonchev–Trinajstić information content (AvgIpc) is 3.91. The van der Waals surface area contributed by atoms with Crippen LogP contribution in [0.2, 0.25) is 0 Å². The fourth-order valence-corrected chi connectivity index (χ4v) is 9.61. The third-order valence-electron chi connectivity index (χ3n) is 12.5. The third kappa shape index (κ3) is 4.80. The zero-order valence-corrected chi connectivity index (χ0v) is 32.2. The molecule has 0 radical (unpaired) electrons. The Labute approximate surface area is 336 Å². The van der Waals surface area contributed by atoms with Crippen LogP contribution in [0.4, 0.5) is 17.1 Å². The Kier molecular flexibility index (Phi) is 6.98. The summed E-state index contributed by atoms with van der Waals surface area (Å²) < 4.78 is 12.7. The lowest BCUT2D eigenvalue weighted by Gasteiger charge is -2.26. The van der Waals surface area contributed by atoms with Crippen LogP contribution in [-0.4, -0.2) is 0 Å². The molecular weight excluding hydrogens is 707 g/mol. The summed E-state index contributed by atoms with van der Waals surface area (Å²) in [5, 5.41) is 7.08. The molecule has 58 heavy (non-hydrogen) atoms. The first-order valence-electron chi connectivity index (χ1n) is 20.0. The maximum absolute atomic E-state index is 6.53. The average molecular weight is 744 g/mol. The van der Waals surface area contributed by atoms with E-state index in [2.05, 4.69) is 183 Å². The second-order valence-corrected chi connectivity index (χ2v) is 16.1. The van der Waals surface area contributed by atoms with Gasteiger partial charge in [-0.2, -0.15) is 0 Å². The fourth-order valence-electron chi connectivity index (χ4n) is 9.61. The van der Waals surface area contributed by atoms with E-state index < -0.39 is 0 Å². The van der Waals surface area contributed by atoms with E-state index in [4.69, 9.17) is 8.83 Å². The van der Waals surface area contributed by atoms with Gasteiger partial charge in [0.2, 0.25) is 0 Å². The molecule has 11 aromatic rings. The minimum absolute atomic E-state index is 0.207. The molecule has 3 nitrogen and oxygen atoms in total. The van der Waals surface area contributed by atoms with Gasteiger partial charge in [-0.05, 0) is 122 Å². The third-order valence-corrected chi connectivity index (χ3v) is 12.5. The second-order valence-electron chi connectivity index (χ2n) is 16.1. The van der Waals surface area contributed by atoms with Gasteiger partial charge in [0.25, 0.3) is 0 Å². The predicted molar refractivity (Wildman–Crippen MR) is 242 cm³/mol. The highest BCUT2D eigenvalue weighted by Crippen LogP contribution is 2.54. The first-order chi connectivity index (χ1) is 28.5. The van der Waals surface area contributed by atoms with E-state index in [1.54, 1.807) is 0 Å². The molecule has 1 aliphatic rings. The van der Waals surface area contributed by atoms with Crippen molar-refractivity contribution in [3.8, 4) is 33.4 Å². The van der Waals surface area contributed by atoms with Crippen molar-refractivity contribution in [1.29, 1.82) is 0 Å². The van der Waals surface area contributed by atoms with Gasteiger partial charge in [-0.3, -0.25) is 0 Å². The SMILES string of the molecule is CC1(C)c2cc(-c3ccc(N(c4ccccc4)c4cccc5c4oc4ccccc45)cc3)ccc2-c2c1cc(-c1ccc3oc4ccccc4c3c1)c1ccccc21. The summed E-state index contributed by atoms with van der Waals surface area (Å²) in [7, 11) is 0. The van der Waals surface area contributed by atoms with E-state index in [1.807, 2.05) is 24.3 Å². The Bertz CT molecular complexity index is 3420. The van der Waals surface area contributed by atoms with Gasteiger partial charge in [0.05, 0.1) is 5.69 Å². The van der Waals surface area contributed by atoms with E-state index in [-0.39, 0.29) is 5.41 Å². The Morgan fingerprint density at radius 3 is 1.78 bits per heavy atom. The van der Waals surface area contributed by atoms with Gasteiger partial charge in [-0.1, -0.05) is 135 Å². The van der Waals surface area contributed by atoms with Crippen LogP contribution in [0.3, 0.4) is 0 Å². The van der Waals surface area contributed by atoms with Crippen molar-refractivity contribution in [3.63, 3.8) is 0 Å². The molecule has 0 unspecified atom stereocenters. The number of benzene rings is 9. The molecule has 0 aliphatic heterocycles. The molecule has 0 bridgehead atoms. The molecule has 0 N–H and O–H groups in total.